The van der Waals surface area contributed by atoms with Crippen molar-refractivity contribution in [3.63, 3.8) is 0 Å². The molecule has 0 aromatic heterocycles. The van der Waals surface area contributed by atoms with Gasteiger partial charge in [0, 0.05) is 6.04 Å². The van der Waals surface area contributed by atoms with Crippen molar-refractivity contribution < 1.29 is 4.39 Å². The lowest BCUT2D eigenvalue weighted by atomic mass is 9.54. The molecule has 0 bridgehead atoms. The minimum absolute atomic E-state index is 0.147. The third-order valence-corrected chi connectivity index (χ3v) is 4.15. The topological polar surface area (TPSA) is 26.0 Å². The molecular formula is C13H18FN. The molecule has 0 heterocycles. The first-order valence-corrected chi connectivity index (χ1v) is 5.59. The van der Waals surface area contributed by atoms with Crippen LogP contribution in [0.5, 0.6) is 0 Å². The van der Waals surface area contributed by atoms with E-state index >= 15 is 0 Å². The predicted molar refractivity (Wildman–Crippen MR) is 60.1 cm³/mol. The highest BCUT2D eigenvalue weighted by atomic mass is 19.1. The number of nitrogens with two attached hydrogens (primary N) is 1. The van der Waals surface area contributed by atoms with E-state index in [1.165, 1.54) is 6.07 Å². The van der Waals surface area contributed by atoms with E-state index in [0.717, 1.165) is 18.4 Å². The van der Waals surface area contributed by atoms with Gasteiger partial charge in [-0.15, -0.1) is 0 Å². The van der Waals surface area contributed by atoms with Crippen molar-refractivity contribution in [2.45, 2.75) is 38.6 Å². The Kier molecular flexibility index (Phi) is 2.55. The Morgan fingerprint density at radius 3 is 2.80 bits per heavy atom. The molecule has 2 N–H and O–H groups in total. The van der Waals surface area contributed by atoms with Crippen molar-refractivity contribution >= 4 is 0 Å². The summed E-state index contributed by atoms with van der Waals surface area (Å²) in [7, 11) is 0. The summed E-state index contributed by atoms with van der Waals surface area (Å²) in [5, 5.41) is 0. The van der Waals surface area contributed by atoms with Gasteiger partial charge in [-0.25, -0.2) is 4.39 Å². The maximum atomic E-state index is 13.1. The zero-order valence-electron chi connectivity index (χ0n) is 9.33. The molecule has 0 saturated heterocycles. The minimum atomic E-state index is -0.147. The Hall–Kier alpha value is -0.890. The molecule has 0 spiro atoms. The van der Waals surface area contributed by atoms with Gasteiger partial charge in [0.2, 0.25) is 0 Å². The maximum absolute atomic E-state index is 13.1. The summed E-state index contributed by atoms with van der Waals surface area (Å²) < 4.78 is 13.1. The van der Waals surface area contributed by atoms with E-state index in [2.05, 4.69) is 13.8 Å². The van der Waals surface area contributed by atoms with Gasteiger partial charge in [-0.2, -0.15) is 0 Å². The molecule has 0 radical (unpaired) electrons. The third-order valence-electron chi connectivity index (χ3n) is 4.15. The molecule has 1 fully saturated rings. The average Bonchev–Trinajstić information content (AvgIpc) is 2.24. The smallest absolute Gasteiger partial charge is 0.123 e. The van der Waals surface area contributed by atoms with Gasteiger partial charge in [0.25, 0.3) is 0 Å². The number of halogens is 1. The molecule has 3 atom stereocenters. The fourth-order valence-electron chi connectivity index (χ4n) is 2.64. The molecule has 2 rings (SSSR count). The van der Waals surface area contributed by atoms with Crippen molar-refractivity contribution in [1.29, 1.82) is 0 Å². The fourth-order valence-corrected chi connectivity index (χ4v) is 2.64. The van der Waals surface area contributed by atoms with Gasteiger partial charge in [0.15, 0.2) is 0 Å². The van der Waals surface area contributed by atoms with Gasteiger partial charge >= 0.3 is 0 Å². The van der Waals surface area contributed by atoms with E-state index < -0.39 is 0 Å². The van der Waals surface area contributed by atoms with Gasteiger partial charge in [0.1, 0.15) is 5.82 Å². The number of rotatable bonds is 2. The highest BCUT2D eigenvalue weighted by molar-refractivity contribution is 5.28. The lowest BCUT2D eigenvalue weighted by Crippen LogP contribution is -2.54. The van der Waals surface area contributed by atoms with Crippen LogP contribution in [0.2, 0.25) is 0 Å². The first-order valence-electron chi connectivity index (χ1n) is 5.59. The second kappa shape index (κ2) is 3.60. The summed E-state index contributed by atoms with van der Waals surface area (Å²) in [5.74, 6) is 0.277. The second-order valence-electron chi connectivity index (χ2n) is 4.81. The Morgan fingerprint density at radius 2 is 2.27 bits per heavy atom. The largest absolute Gasteiger partial charge is 0.327 e. The first kappa shape index (κ1) is 10.6. The number of benzene rings is 1. The van der Waals surface area contributed by atoms with Crippen molar-refractivity contribution in [2.75, 3.05) is 0 Å². The molecule has 2 heteroatoms. The summed E-state index contributed by atoms with van der Waals surface area (Å²) in [6.45, 7) is 4.36. The highest BCUT2D eigenvalue weighted by Crippen LogP contribution is 2.53. The van der Waals surface area contributed by atoms with Crippen LogP contribution in [0.1, 0.15) is 38.2 Å². The Balaban J connectivity index is 2.26. The van der Waals surface area contributed by atoms with Crippen LogP contribution in [0.3, 0.4) is 0 Å². The van der Waals surface area contributed by atoms with Crippen LogP contribution in [0.4, 0.5) is 4.39 Å². The van der Waals surface area contributed by atoms with Crippen molar-refractivity contribution in [1.82, 2.24) is 0 Å². The molecule has 0 aliphatic heterocycles. The summed E-state index contributed by atoms with van der Waals surface area (Å²) in [6, 6.07) is 7.18. The van der Waals surface area contributed by atoms with E-state index in [-0.39, 0.29) is 17.3 Å². The zero-order valence-corrected chi connectivity index (χ0v) is 9.33. The molecule has 1 aliphatic rings. The van der Waals surface area contributed by atoms with E-state index in [1.807, 2.05) is 6.07 Å². The molecule has 0 amide bonds. The first-order chi connectivity index (χ1) is 7.08. The molecular weight excluding hydrogens is 189 g/mol. The fraction of sp³-hybridized carbons (Fsp3) is 0.538. The predicted octanol–water partition coefficient (Wildman–Crippen LogP) is 3.06. The lowest BCUT2D eigenvalue weighted by Gasteiger charge is -2.52. The van der Waals surface area contributed by atoms with Crippen LogP contribution >= 0.6 is 0 Å². The summed E-state index contributed by atoms with van der Waals surface area (Å²) in [4.78, 5) is 0. The van der Waals surface area contributed by atoms with Crippen LogP contribution in [0, 0.1) is 11.2 Å². The molecule has 1 aromatic rings. The van der Waals surface area contributed by atoms with Crippen molar-refractivity contribution in [2.24, 2.45) is 11.1 Å². The van der Waals surface area contributed by atoms with Gasteiger partial charge in [0.05, 0.1) is 0 Å². The van der Waals surface area contributed by atoms with Gasteiger partial charge in [-0.05, 0) is 41.9 Å². The van der Waals surface area contributed by atoms with Crippen molar-refractivity contribution in [3.8, 4) is 0 Å². The normalized spacial score (nSPS) is 34.9. The van der Waals surface area contributed by atoms with E-state index in [0.29, 0.717) is 5.92 Å². The van der Waals surface area contributed by atoms with Crippen LogP contribution in [-0.4, -0.2) is 6.04 Å². The standard InChI is InChI=1S/C13H18FN/c1-3-13(2)11(8-12(13)15)9-5-4-6-10(14)7-9/h4-7,11-12H,3,8,15H2,1-2H3. The van der Waals surface area contributed by atoms with E-state index in [9.17, 15) is 4.39 Å². The molecule has 15 heavy (non-hydrogen) atoms. The van der Waals surface area contributed by atoms with Crippen LogP contribution in [0.15, 0.2) is 24.3 Å². The Labute approximate surface area is 90.5 Å². The van der Waals surface area contributed by atoms with Gasteiger partial charge < -0.3 is 5.73 Å². The van der Waals surface area contributed by atoms with E-state index in [4.69, 9.17) is 5.73 Å². The monoisotopic (exact) mass is 207 g/mol. The second-order valence-corrected chi connectivity index (χ2v) is 4.81. The maximum Gasteiger partial charge on any atom is 0.123 e. The molecule has 1 nitrogen and oxygen atoms in total. The Bertz CT molecular complexity index is 363. The average molecular weight is 207 g/mol. The number of hydrogen-bond acceptors (Lipinski definition) is 1. The van der Waals surface area contributed by atoms with Crippen molar-refractivity contribution in [3.05, 3.63) is 35.6 Å². The molecule has 1 aromatic carbocycles. The van der Waals surface area contributed by atoms with Crippen LogP contribution in [0.25, 0.3) is 0 Å². The third kappa shape index (κ3) is 1.57. The van der Waals surface area contributed by atoms with Gasteiger partial charge in [-0.3, -0.25) is 0 Å². The summed E-state index contributed by atoms with van der Waals surface area (Å²) in [6.07, 6.45) is 2.03. The zero-order chi connectivity index (χ0) is 11.1. The van der Waals surface area contributed by atoms with E-state index in [1.54, 1.807) is 12.1 Å². The molecule has 82 valence electrons. The van der Waals surface area contributed by atoms with Crippen LogP contribution in [-0.2, 0) is 0 Å². The quantitative estimate of drug-likeness (QED) is 0.792. The molecule has 1 aliphatic carbocycles. The highest BCUT2D eigenvalue weighted by Gasteiger charge is 2.48. The minimum Gasteiger partial charge on any atom is -0.327 e. The van der Waals surface area contributed by atoms with Crippen LogP contribution < -0.4 is 5.73 Å². The molecule has 1 saturated carbocycles. The summed E-state index contributed by atoms with van der Waals surface area (Å²) in [5.41, 5.74) is 7.28. The lowest BCUT2D eigenvalue weighted by molar-refractivity contribution is 0.0704. The Morgan fingerprint density at radius 1 is 1.53 bits per heavy atom. The summed E-state index contributed by atoms with van der Waals surface area (Å²) >= 11 is 0. The molecule has 3 unspecified atom stereocenters. The number of hydrogen-bond donors (Lipinski definition) is 1. The SMILES string of the molecule is CCC1(C)C(N)CC1c1cccc(F)c1. The van der Waals surface area contributed by atoms with Gasteiger partial charge in [-0.1, -0.05) is 26.0 Å².